The van der Waals surface area contributed by atoms with E-state index < -0.39 is 0 Å². The van der Waals surface area contributed by atoms with Crippen LogP contribution in [0.5, 0.6) is 0 Å². The van der Waals surface area contributed by atoms with Gasteiger partial charge in [-0.3, -0.25) is 0 Å². The van der Waals surface area contributed by atoms with Gasteiger partial charge in [0.15, 0.2) is 0 Å². The Kier molecular flexibility index (Phi) is 5.98. The minimum absolute atomic E-state index is 0.810. The average Bonchev–Trinajstić information content (AvgIpc) is 3.71. The molecule has 0 aromatic carbocycles. The second-order valence-corrected chi connectivity index (χ2v) is 10.8. The first-order valence-electron chi connectivity index (χ1n) is 13.9. The summed E-state index contributed by atoms with van der Waals surface area (Å²) in [5, 5.41) is 0. The number of rotatable bonds is 3. The van der Waals surface area contributed by atoms with Crippen molar-refractivity contribution in [1.29, 1.82) is 0 Å². The van der Waals surface area contributed by atoms with Crippen LogP contribution in [0, 0.1) is 13.8 Å². The average molecular weight is 517 g/mol. The molecule has 0 aliphatic carbocycles. The van der Waals surface area contributed by atoms with Crippen molar-refractivity contribution in [3.05, 3.63) is 81.6 Å². The number of aromatic amines is 2. The minimum atomic E-state index is 0.810. The van der Waals surface area contributed by atoms with Gasteiger partial charge >= 0.3 is 0 Å². The summed E-state index contributed by atoms with van der Waals surface area (Å²) < 4.78 is 6.03. The van der Waals surface area contributed by atoms with E-state index in [1.807, 2.05) is 12.1 Å². The maximum absolute atomic E-state index is 6.03. The minimum Gasteiger partial charge on any atom is -0.464 e. The van der Waals surface area contributed by atoms with Crippen molar-refractivity contribution in [2.45, 2.75) is 68.2 Å². The van der Waals surface area contributed by atoms with E-state index in [9.17, 15) is 0 Å². The van der Waals surface area contributed by atoms with Crippen LogP contribution in [-0.2, 0) is 12.8 Å². The fourth-order valence-electron chi connectivity index (χ4n) is 6.08. The lowest BCUT2D eigenvalue weighted by Crippen LogP contribution is -1.88. The SMILES string of the molecule is CCc1c(C)c2cc3nc(cc4nc(c(-c5ccco5)c5[nH]c(cc1[nH]2)c(CC)c5C)C(C)=C4C)C(C)=C3C. The molecule has 0 radical (unpaired) electrons. The lowest BCUT2D eigenvalue weighted by Gasteiger charge is -2.04. The molecule has 4 aromatic heterocycles. The third-order valence-electron chi connectivity index (χ3n) is 8.77. The van der Waals surface area contributed by atoms with Crippen LogP contribution in [0.3, 0.4) is 0 Å². The van der Waals surface area contributed by atoms with Gasteiger partial charge in [0.05, 0.1) is 40.1 Å². The predicted octanol–water partition coefficient (Wildman–Crippen LogP) is 9.22. The van der Waals surface area contributed by atoms with Crippen molar-refractivity contribution in [2.75, 3.05) is 0 Å². The normalized spacial score (nSPS) is 13.6. The maximum Gasteiger partial charge on any atom is 0.138 e. The second-order valence-electron chi connectivity index (χ2n) is 10.8. The molecule has 198 valence electrons. The molecule has 2 aliphatic heterocycles. The topological polar surface area (TPSA) is 70.5 Å². The Balaban J connectivity index is 1.88. The lowest BCUT2D eigenvalue weighted by atomic mass is 10.00. The Morgan fingerprint density at radius 1 is 0.667 bits per heavy atom. The first kappa shape index (κ1) is 25.2. The number of allylic oxidation sites excluding steroid dienone is 4. The Morgan fingerprint density at radius 2 is 1.28 bits per heavy atom. The fourth-order valence-corrected chi connectivity index (χ4v) is 6.08. The highest BCUT2D eigenvalue weighted by molar-refractivity contribution is 6.00. The summed E-state index contributed by atoms with van der Waals surface area (Å²) in [5.74, 6) is 0.810. The number of H-pyrrole nitrogens is 2. The third-order valence-corrected chi connectivity index (χ3v) is 8.77. The number of nitrogens with one attached hydrogen (secondary N) is 2. The first-order valence-corrected chi connectivity index (χ1v) is 13.9. The van der Waals surface area contributed by atoms with Crippen LogP contribution in [0.4, 0.5) is 0 Å². The van der Waals surface area contributed by atoms with Crippen LogP contribution < -0.4 is 0 Å². The van der Waals surface area contributed by atoms with E-state index in [1.54, 1.807) is 6.26 Å². The number of fused-ring (bicyclic) bond motifs is 8. The fraction of sp³-hybridized carbons (Fsp3) is 0.294. The highest BCUT2D eigenvalue weighted by Crippen LogP contribution is 2.40. The number of aromatic nitrogens is 4. The van der Waals surface area contributed by atoms with E-state index in [0.717, 1.165) is 80.2 Å². The highest BCUT2D eigenvalue weighted by Gasteiger charge is 2.23. The van der Waals surface area contributed by atoms with Crippen LogP contribution in [-0.4, -0.2) is 19.9 Å². The van der Waals surface area contributed by atoms with Gasteiger partial charge in [0.25, 0.3) is 0 Å². The molecule has 8 bridgehead atoms. The zero-order chi connectivity index (χ0) is 27.6. The molecular weight excluding hydrogens is 480 g/mol. The molecule has 2 aliphatic rings. The number of aryl methyl sites for hydroxylation is 4. The van der Waals surface area contributed by atoms with Gasteiger partial charge in [-0.1, -0.05) is 13.8 Å². The quantitative estimate of drug-likeness (QED) is 0.285. The standard InChI is InChI=1S/C34H36N4O/c1-9-23-21(7)28-15-26-18(4)17(3)25(35-26)14-27-19(5)20(6)33(37-27)32(31-12-11-13-39-31)34-22(8)24(10-2)30(38-34)16-29(23)36-28/h11-16,36,38H,9-10H2,1-8H3. The van der Waals surface area contributed by atoms with E-state index in [2.05, 4.69) is 83.6 Å². The summed E-state index contributed by atoms with van der Waals surface area (Å²) in [4.78, 5) is 17.9. The van der Waals surface area contributed by atoms with E-state index in [-0.39, 0.29) is 0 Å². The van der Waals surface area contributed by atoms with Crippen molar-refractivity contribution >= 4 is 44.4 Å². The molecule has 0 spiro atoms. The Morgan fingerprint density at radius 3 is 1.95 bits per heavy atom. The van der Waals surface area contributed by atoms with Crippen molar-refractivity contribution in [3.63, 3.8) is 0 Å². The van der Waals surface area contributed by atoms with E-state index in [4.69, 9.17) is 14.4 Å². The van der Waals surface area contributed by atoms with Gasteiger partial charge in [-0.05, 0) is 129 Å². The molecule has 6 rings (SSSR count). The molecule has 0 unspecified atom stereocenters. The number of hydrogen-bond acceptors (Lipinski definition) is 3. The summed E-state index contributed by atoms with van der Waals surface area (Å²) in [6.07, 6.45) is 3.60. The third kappa shape index (κ3) is 3.82. The largest absolute Gasteiger partial charge is 0.464 e. The van der Waals surface area contributed by atoms with Gasteiger partial charge < -0.3 is 14.4 Å². The first-order chi connectivity index (χ1) is 18.7. The zero-order valence-corrected chi connectivity index (χ0v) is 24.2. The summed E-state index contributed by atoms with van der Waals surface area (Å²) >= 11 is 0. The molecule has 5 nitrogen and oxygen atoms in total. The Bertz CT molecular complexity index is 1870. The van der Waals surface area contributed by atoms with Crippen molar-refractivity contribution < 1.29 is 4.42 Å². The van der Waals surface area contributed by atoms with Crippen LogP contribution in [0.1, 0.15) is 86.6 Å². The Labute approximate surface area is 229 Å². The predicted molar refractivity (Wildman–Crippen MR) is 163 cm³/mol. The van der Waals surface area contributed by atoms with Gasteiger partial charge in [0, 0.05) is 16.6 Å². The molecular formula is C34H36N4O. The van der Waals surface area contributed by atoms with E-state index >= 15 is 0 Å². The molecule has 2 N–H and O–H groups in total. The monoisotopic (exact) mass is 516 g/mol. The van der Waals surface area contributed by atoms with Gasteiger partial charge in [0.2, 0.25) is 0 Å². The summed E-state index contributed by atoms with van der Waals surface area (Å²) in [7, 11) is 0. The second kappa shape index (κ2) is 9.26. The van der Waals surface area contributed by atoms with E-state index in [1.165, 1.54) is 33.4 Å². The van der Waals surface area contributed by atoms with Gasteiger partial charge in [-0.15, -0.1) is 0 Å². The lowest BCUT2D eigenvalue weighted by molar-refractivity contribution is 0.582. The highest BCUT2D eigenvalue weighted by atomic mass is 16.3. The molecule has 0 saturated heterocycles. The number of hydrogen-bond donors (Lipinski definition) is 2. The van der Waals surface area contributed by atoms with Crippen LogP contribution in [0.25, 0.3) is 55.7 Å². The summed E-state index contributed by atoms with van der Waals surface area (Å²) in [6, 6.07) is 10.6. The molecule has 39 heavy (non-hydrogen) atoms. The summed E-state index contributed by atoms with van der Waals surface area (Å²) in [6.45, 7) is 17.5. The molecule has 5 heteroatoms. The van der Waals surface area contributed by atoms with Crippen LogP contribution in [0.15, 0.2) is 41.0 Å². The maximum atomic E-state index is 6.03. The van der Waals surface area contributed by atoms with Crippen molar-refractivity contribution in [3.8, 4) is 11.3 Å². The van der Waals surface area contributed by atoms with Gasteiger partial charge in [-0.25, -0.2) is 9.97 Å². The van der Waals surface area contributed by atoms with Gasteiger partial charge in [0.1, 0.15) is 5.76 Å². The molecule has 4 aromatic rings. The molecule has 6 heterocycles. The van der Waals surface area contributed by atoms with Crippen molar-refractivity contribution in [1.82, 2.24) is 19.9 Å². The van der Waals surface area contributed by atoms with Crippen LogP contribution in [0.2, 0.25) is 0 Å². The Hall–Kier alpha value is -4.12. The smallest absolute Gasteiger partial charge is 0.138 e. The molecule has 0 atom stereocenters. The van der Waals surface area contributed by atoms with Gasteiger partial charge in [-0.2, -0.15) is 0 Å². The molecule has 0 amide bonds. The molecule has 0 saturated carbocycles. The number of furan rings is 1. The number of nitrogens with zero attached hydrogens (tertiary/aromatic N) is 2. The van der Waals surface area contributed by atoms with E-state index in [0.29, 0.717) is 0 Å². The van der Waals surface area contributed by atoms with Crippen LogP contribution >= 0.6 is 0 Å². The zero-order valence-electron chi connectivity index (χ0n) is 24.2. The molecule has 0 fully saturated rings. The summed E-state index contributed by atoms with van der Waals surface area (Å²) in [5.41, 5.74) is 19.1. The van der Waals surface area contributed by atoms with Crippen molar-refractivity contribution in [2.24, 2.45) is 0 Å².